The second kappa shape index (κ2) is 5.32. The van der Waals surface area contributed by atoms with Gasteiger partial charge in [0.1, 0.15) is 6.54 Å². The zero-order chi connectivity index (χ0) is 14.8. The fraction of sp³-hybridized carbons (Fsp3) is 0.118. The monoisotopic (exact) mass is 279 g/mol. The third-order valence-corrected chi connectivity index (χ3v) is 3.56. The standard InChI is InChI=1S/C17H17N3O/c1-12-6-7-14(10-15(12)18)19-17(21)11-20-9-8-13-4-2-3-5-16(13)20/h2-10H,11,18H2,1H3,(H,19,21). The van der Waals surface area contributed by atoms with Gasteiger partial charge >= 0.3 is 0 Å². The summed E-state index contributed by atoms with van der Waals surface area (Å²) in [7, 11) is 0. The van der Waals surface area contributed by atoms with E-state index < -0.39 is 0 Å². The molecule has 0 aliphatic heterocycles. The zero-order valence-corrected chi connectivity index (χ0v) is 11.8. The Hall–Kier alpha value is -2.75. The molecule has 2 aromatic carbocycles. The number of nitrogens with one attached hydrogen (secondary N) is 1. The van der Waals surface area contributed by atoms with Crippen LogP contribution in [0, 0.1) is 6.92 Å². The Morgan fingerprint density at radius 2 is 2.00 bits per heavy atom. The van der Waals surface area contributed by atoms with E-state index in [0.717, 1.165) is 22.2 Å². The number of rotatable bonds is 3. The number of amides is 1. The highest BCUT2D eigenvalue weighted by Gasteiger charge is 2.07. The van der Waals surface area contributed by atoms with Crippen molar-refractivity contribution in [1.29, 1.82) is 0 Å². The molecular weight excluding hydrogens is 262 g/mol. The number of aromatic nitrogens is 1. The number of hydrogen-bond acceptors (Lipinski definition) is 2. The molecule has 0 aliphatic carbocycles. The zero-order valence-electron chi connectivity index (χ0n) is 11.8. The second-order valence-electron chi connectivity index (χ2n) is 5.12. The highest BCUT2D eigenvalue weighted by atomic mass is 16.1. The average molecular weight is 279 g/mol. The molecule has 3 aromatic rings. The highest BCUT2D eigenvalue weighted by Crippen LogP contribution is 2.18. The van der Waals surface area contributed by atoms with E-state index >= 15 is 0 Å². The molecule has 0 saturated carbocycles. The Labute approximate surface area is 123 Å². The van der Waals surface area contributed by atoms with E-state index in [1.807, 2.05) is 60.2 Å². The summed E-state index contributed by atoms with van der Waals surface area (Å²) in [4.78, 5) is 12.1. The van der Waals surface area contributed by atoms with Gasteiger partial charge in [-0.25, -0.2) is 0 Å². The lowest BCUT2D eigenvalue weighted by molar-refractivity contribution is -0.116. The van der Waals surface area contributed by atoms with Crippen molar-refractivity contribution in [3.63, 3.8) is 0 Å². The van der Waals surface area contributed by atoms with Gasteiger partial charge in [0.25, 0.3) is 0 Å². The molecule has 0 radical (unpaired) electrons. The number of nitrogen functional groups attached to an aromatic ring is 1. The van der Waals surface area contributed by atoms with Gasteiger partial charge in [-0.15, -0.1) is 0 Å². The summed E-state index contributed by atoms with van der Waals surface area (Å²) in [6.07, 6.45) is 1.92. The Kier molecular flexibility index (Phi) is 3.36. The molecule has 0 bridgehead atoms. The van der Waals surface area contributed by atoms with E-state index in [0.29, 0.717) is 5.69 Å². The van der Waals surface area contributed by atoms with E-state index in [1.54, 1.807) is 6.07 Å². The first kappa shape index (κ1) is 13.2. The van der Waals surface area contributed by atoms with Gasteiger partial charge in [0.05, 0.1) is 0 Å². The molecule has 1 aromatic heterocycles. The number of fused-ring (bicyclic) bond motifs is 1. The van der Waals surface area contributed by atoms with Gasteiger partial charge in [0.2, 0.25) is 5.91 Å². The van der Waals surface area contributed by atoms with Crippen molar-refractivity contribution in [2.75, 3.05) is 11.1 Å². The van der Waals surface area contributed by atoms with Crippen LogP contribution in [0.25, 0.3) is 10.9 Å². The normalized spacial score (nSPS) is 10.7. The molecule has 0 spiro atoms. The largest absolute Gasteiger partial charge is 0.398 e. The lowest BCUT2D eigenvalue weighted by Gasteiger charge is -2.09. The third kappa shape index (κ3) is 2.74. The Balaban J connectivity index is 1.75. The maximum Gasteiger partial charge on any atom is 0.244 e. The summed E-state index contributed by atoms with van der Waals surface area (Å²) in [6.45, 7) is 2.22. The molecule has 4 nitrogen and oxygen atoms in total. The minimum atomic E-state index is -0.0698. The summed E-state index contributed by atoms with van der Waals surface area (Å²) in [5.41, 5.74) is 9.31. The van der Waals surface area contributed by atoms with Crippen LogP contribution in [0.5, 0.6) is 0 Å². The van der Waals surface area contributed by atoms with Gasteiger partial charge in [0, 0.05) is 23.1 Å². The summed E-state index contributed by atoms with van der Waals surface area (Å²) in [6, 6.07) is 15.5. The van der Waals surface area contributed by atoms with Gasteiger partial charge < -0.3 is 15.6 Å². The van der Waals surface area contributed by atoms with Crippen molar-refractivity contribution in [3.8, 4) is 0 Å². The Morgan fingerprint density at radius 3 is 2.81 bits per heavy atom. The molecule has 21 heavy (non-hydrogen) atoms. The molecule has 0 atom stereocenters. The first-order valence-corrected chi connectivity index (χ1v) is 6.83. The van der Waals surface area contributed by atoms with E-state index in [1.165, 1.54) is 0 Å². The minimum Gasteiger partial charge on any atom is -0.398 e. The summed E-state index contributed by atoms with van der Waals surface area (Å²) in [5, 5.41) is 4.00. The van der Waals surface area contributed by atoms with Crippen LogP contribution in [0.15, 0.2) is 54.7 Å². The van der Waals surface area contributed by atoms with Crippen LogP contribution in [0.1, 0.15) is 5.56 Å². The Morgan fingerprint density at radius 1 is 1.19 bits per heavy atom. The fourth-order valence-corrected chi connectivity index (χ4v) is 2.35. The van der Waals surface area contributed by atoms with Gasteiger partial charge in [-0.1, -0.05) is 24.3 Å². The summed E-state index contributed by atoms with van der Waals surface area (Å²) < 4.78 is 1.93. The number of nitrogens with two attached hydrogens (primary N) is 1. The van der Waals surface area contributed by atoms with Crippen LogP contribution >= 0.6 is 0 Å². The molecule has 3 N–H and O–H groups in total. The van der Waals surface area contributed by atoms with Crippen LogP contribution in [-0.4, -0.2) is 10.5 Å². The van der Waals surface area contributed by atoms with Gasteiger partial charge in [-0.05, 0) is 42.1 Å². The van der Waals surface area contributed by atoms with Gasteiger partial charge in [-0.2, -0.15) is 0 Å². The van der Waals surface area contributed by atoms with Crippen LogP contribution in [0.4, 0.5) is 11.4 Å². The molecule has 106 valence electrons. The number of hydrogen-bond donors (Lipinski definition) is 2. The van der Waals surface area contributed by atoms with E-state index in [4.69, 9.17) is 5.73 Å². The number of carbonyl (C=O) groups is 1. The molecule has 0 unspecified atom stereocenters. The number of para-hydroxylation sites is 1. The molecule has 0 aliphatic rings. The van der Waals surface area contributed by atoms with Crippen molar-refractivity contribution < 1.29 is 4.79 Å². The van der Waals surface area contributed by atoms with Crippen molar-refractivity contribution in [1.82, 2.24) is 4.57 Å². The maximum absolute atomic E-state index is 12.1. The third-order valence-electron chi connectivity index (χ3n) is 3.56. The van der Waals surface area contributed by atoms with Crippen molar-refractivity contribution in [3.05, 3.63) is 60.3 Å². The van der Waals surface area contributed by atoms with Crippen LogP contribution in [0.2, 0.25) is 0 Å². The van der Waals surface area contributed by atoms with E-state index in [2.05, 4.69) is 5.32 Å². The van der Waals surface area contributed by atoms with Gasteiger partial charge in [-0.3, -0.25) is 4.79 Å². The molecule has 1 heterocycles. The molecule has 0 saturated heterocycles. The average Bonchev–Trinajstić information content (AvgIpc) is 2.86. The number of anilines is 2. The van der Waals surface area contributed by atoms with Crippen molar-refractivity contribution in [2.45, 2.75) is 13.5 Å². The predicted molar refractivity (Wildman–Crippen MR) is 86.2 cm³/mol. The summed E-state index contributed by atoms with van der Waals surface area (Å²) >= 11 is 0. The molecular formula is C17H17N3O. The lowest BCUT2D eigenvalue weighted by Crippen LogP contribution is -2.18. The topological polar surface area (TPSA) is 60.0 Å². The first-order valence-electron chi connectivity index (χ1n) is 6.83. The quantitative estimate of drug-likeness (QED) is 0.723. The van der Waals surface area contributed by atoms with Crippen molar-refractivity contribution in [2.24, 2.45) is 0 Å². The molecule has 3 rings (SSSR count). The van der Waals surface area contributed by atoms with Crippen LogP contribution < -0.4 is 11.1 Å². The predicted octanol–water partition coefficient (Wildman–Crippen LogP) is 3.17. The van der Waals surface area contributed by atoms with E-state index in [9.17, 15) is 4.79 Å². The molecule has 4 heteroatoms. The molecule has 0 fully saturated rings. The number of aryl methyl sites for hydroxylation is 1. The highest BCUT2D eigenvalue weighted by molar-refractivity contribution is 5.92. The number of benzene rings is 2. The molecule has 1 amide bonds. The van der Waals surface area contributed by atoms with E-state index in [-0.39, 0.29) is 12.5 Å². The smallest absolute Gasteiger partial charge is 0.244 e. The number of carbonyl (C=O) groups excluding carboxylic acids is 1. The number of nitrogens with zero attached hydrogens (tertiary/aromatic N) is 1. The maximum atomic E-state index is 12.1. The first-order chi connectivity index (χ1) is 10.1. The lowest BCUT2D eigenvalue weighted by atomic mass is 10.2. The van der Waals surface area contributed by atoms with Gasteiger partial charge in [0.15, 0.2) is 0 Å². The Bertz CT molecular complexity index is 805. The second-order valence-corrected chi connectivity index (χ2v) is 5.12. The minimum absolute atomic E-state index is 0.0698. The summed E-state index contributed by atoms with van der Waals surface area (Å²) in [5.74, 6) is -0.0698. The SMILES string of the molecule is Cc1ccc(NC(=O)Cn2ccc3ccccc32)cc1N. The fourth-order valence-electron chi connectivity index (χ4n) is 2.35. The van der Waals surface area contributed by atoms with Crippen molar-refractivity contribution >= 4 is 28.2 Å². The van der Waals surface area contributed by atoms with Crippen LogP contribution in [0.3, 0.4) is 0 Å². The van der Waals surface area contributed by atoms with Crippen LogP contribution in [-0.2, 0) is 11.3 Å².